The van der Waals surface area contributed by atoms with E-state index >= 15 is 0 Å². The number of benzene rings is 2. The lowest BCUT2D eigenvalue weighted by atomic mass is 10.1. The monoisotopic (exact) mass is 371 g/mol. The van der Waals surface area contributed by atoms with Crippen LogP contribution < -0.4 is 10.1 Å². The lowest BCUT2D eigenvalue weighted by molar-refractivity contribution is 0.191. The first-order valence-electron chi connectivity index (χ1n) is 8.45. The molecule has 0 fully saturated rings. The second-order valence-corrected chi connectivity index (χ2v) is 6.51. The van der Waals surface area contributed by atoms with Crippen molar-refractivity contribution in [2.75, 3.05) is 13.7 Å². The van der Waals surface area contributed by atoms with Gasteiger partial charge in [-0.15, -0.1) is 0 Å². The molecule has 1 atom stereocenters. The van der Waals surface area contributed by atoms with Gasteiger partial charge in [-0.05, 0) is 37.3 Å². The Morgan fingerprint density at radius 3 is 2.58 bits per heavy atom. The number of hydrogen-bond donors (Lipinski definition) is 2. The molecule has 0 aliphatic carbocycles. The summed E-state index contributed by atoms with van der Waals surface area (Å²) in [5, 5.41) is 18.1. The van der Waals surface area contributed by atoms with Crippen molar-refractivity contribution in [1.29, 1.82) is 0 Å². The van der Waals surface area contributed by atoms with Crippen molar-refractivity contribution in [1.82, 2.24) is 15.1 Å². The Balaban J connectivity index is 1.97. The number of nitrogens with zero attached hydrogens (tertiary/aromatic N) is 2. The van der Waals surface area contributed by atoms with Crippen molar-refractivity contribution >= 4 is 11.6 Å². The van der Waals surface area contributed by atoms with Gasteiger partial charge in [-0.2, -0.15) is 5.10 Å². The van der Waals surface area contributed by atoms with Gasteiger partial charge in [-0.1, -0.05) is 29.8 Å². The average molecular weight is 372 g/mol. The summed E-state index contributed by atoms with van der Waals surface area (Å²) >= 11 is 6.38. The Bertz CT molecular complexity index is 860. The smallest absolute Gasteiger partial charge is 0.119 e. The molecule has 26 heavy (non-hydrogen) atoms. The van der Waals surface area contributed by atoms with Crippen molar-refractivity contribution < 1.29 is 9.84 Å². The highest BCUT2D eigenvalue weighted by Gasteiger charge is 2.14. The number of hydrogen-bond acceptors (Lipinski definition) is 4. The molecule has 0 radical (unpaired) electrons. The predicted molar refractivity (Wildman–Crippen MR) is 104 cm³/mol. The maximum atomic E-state index is 9.48. The fraction of sp³-hybridized carbons (Fsp3) is 0.250. The van der Waals surface area contributed by atoms with Crippen LogP contribution in [0.25, 0.3) is 16.9 Å². The molecule has 3 aromatic rings. The highest BCUT2D eigenvalue weighted by atomic mass is 35.5. The summed E-state index contributed by atoms with van der Waals surface area (Å²) in [4.78, 5) is 0. The molecule has 1 aromatic heterocycles. The molecule has 5 nitrogen and oxygen atoms in total. The minimum atomic E-state index is -0.407. The molecule has 0 saturated heterocycles. The first kappa shape index (κ1) is 18.5. The maximum absolute atomic E-state index is 9.48. The lowest BCUT2D eigenvalue weighted by Gasteiger charge is -2.07. The van der Waals surface area contributed by atoms with Gasteiger partial charge in [-0.25, -0.2) is 4.68 Å². The molecule has 0 spiro atoms. The second kappa shape index (κ2) is 8.36. The number of halogens is 1. The van der Waals surface area contributed by atoms with Gasteiger partial charge in [0.2, 0.25) is 0 Å². The third-order valence-electron chi connectivity index (χ3n) is 4.01. The molecule has 0 saturated carbocycles. The molecule has 0 aliphatic rings. The van der Waals surface area contributed by atoms with Crippen LogP contribution >= 0.6 is 11.6 Å². The Morgan fingerprint density at radius 2 is 1.92 bits per heavy atom. The standard InChI is InChI=1S/C20H22ClN3O2/c1-14(25)11-22-12-15-13-24(16-7-9-17(26-2)10-8-16)23-20(15)18-5-3-4-6-19(18)21/h3-10,13-14,22,25H,11-12H2,1-2H3/t14-/m1/s1. The van der Waals surface area contributed by atoms with Gasteiger partial charge in [-0.3, -0.25) is 0 Å². The summed E-state index contributed by atoms with van der Waals surface area (Å²) in [5.41, 5.74) is 3.65. The first-order chi connectivity index (χ1) is 12.6. The largest absolute Gasteiger partial charge is 0.497 e. The van der Waals surface area contributed by atoms with E-state index in [2.05, 4.69) is 5.32 Å². The van der Waals surface area contributed by atoms with E-state index < -0.39 is 6.10 Å². The molecular weight excluding hydrogens is 350 g/mol. The number of aromatic nitrogens is 2. The minimum Gasteiger partial charge on any atom is -0.497 e. The number of ether oxygens (including phenoxy) is 1. The molecule has 136 valence electrons. The van der Waals surface area contributed by atoms with Gasteiger partial charge in [0.15, 0.2) is 0 Å². The summed E-state index contributed by atoms with van der Waals surface area (Å²) in [6.07, 6.45) is 1.57. The quantitative estimate of drug-likeness (QED) is 0.665. The highest BCUT2D eigenvalue weighted by molar-refractivity contribution is 6.33. The van der Waals surface area contributed by atoms with Crippen molar-refractivity contribution in [2.45, 2.75) is 19.6 Å². The molecule has 6 heteroatoms. The van der Waals surface area contributed by atoms with Gasteiger partial charge in [0, 0.05) is 30.4 Å². The lowest BCUT2D eigenvalue weighted by Crippen LogP contribution is -2.23. The Labute approximate surface area is 158 Å². The molecular formula is C20H22ClN3O2. The number of aliphatic hydroxyl groups is 1. The van der Waals surface area contributed by atoms with Crippen LogP contribution in [0.5, 0.6) is 5.75 Å². The van der Waals surface area contributed by atoms with Crippen LogP contribution in [0.4, 0.5) is 0 Å². The van der Waals surface area contributed by atoms with Crippen molar-refractivity contribution in [3.05, 3.63) is 65.3 Å². The van der Waals surface area contributed by atoms with Crippen LogP contribution in [0.3, 0.4) is 0 Å². The van der Waals surface area contributed by atoms with E-state index in [1.165, 1.54) is 0 Å². The van der Waals surface area contributed by atoms with Gasteiger partial charge in [0.1, 0.15) is 5.75 Å². The molecule has 0 amide bonds. The van der Waals surface area contributed by atoms with Crippen molar-refractivity contribution in [3.8, 4) is 22.7 Å². The number of nitrogens with one attached hydrogen (secondary N) is 1. The van der Waals surface area contributed by atoms with Crippen LogP contribution in [-0.2, 0) is 6.54 Å². The Hall–Kier alpha value is -2.34. The normalized spacial score (nSPS) is 12.2. The molecule has 0 aliphatic heterocycles. The minimum absolute atomic E-state index is 0.407. The van der Waals surface area contributed by atoms with Crippen LogP contribution in [0.15, 0.2) is 54.7 Å². The summed E-state index contributed by atoms with van der Waals surface area (Å²) in [6.45, 7) is 2.85. The van der Waals surface area contributed by atoms with E-state index in [1.807, 2.05) is 59.4 Å². The first-order valence-corrected chi connectivity index (χ1v) is 8.83. The van der Waals surface area contributed by atoms with Crippen LogP contribution in [0, 0.1) is 0 Å². The topological polar surface area (TPSA) is 59.3 Å². The SMILES string of the molecule is COc1ccc(-n2cc(CNC[C@@H](C)O)c(-c3ccccc3Cl)n2)cc1. The van der Waals surface area contributed by atoms with E-state index in [0.29, 0.717) is 18.1 Å². The Morgan fingerprint density at radius 1 is 1.19 bits per heavy atom. The molecule has 3 rings (SSSR count). The Kier molecular flexibility index (Phi) is 5.93. The van der Waals surface area contributed by atoms with Gasteiger partial charge in [0.05, 0.1) is 29.6 Å². The molecule has 2 N–H and O–H groups in total. The highest BCUT2D eigenvalue weighted by Crippen LogP contribution is 2.30. The number of methoxy groups -OCH3 is 1. The number of aliphatic hydroxyl groups excluding tert-OH is 1. The van der Waals surface area contributed by atoms with Crippen LogP contribution in [0.1, 0.15) is 12.5 Å². The maximum Gasteiger partial charge on any atom is 0.119 e. The van der Waals surface area contributed by atoms with Crippen molar-refractivity contribution in [2.24, 2.45) is 0 Å². The van der Waals surface area contributed by atoms with Crippen LogP contribution in [-0.4, -0.2) is 34.6 Å². The van der Waals surface area contributed by atoms with Gasteiger partial charge < -0.3 is 15.2 Å². The van der Waals surface area contributed by atoms with E-state index in [9.17, 15) is 5.11 Å². The van der Waals surface area contributed by atoms with E-state index in [1.54, 1.807) is 14.0 Å². The second-order valence-electron chi connectivity index (χ2n) is 6.11. The average Bonchev–Trinajstić information content (AvgIpc) is 3.06. The van der Waals surface area contributed by atoms with Crippen LogP contribution in [0.2, 0.25) is 5.02 Å². The molecule has 0 bridgehead atoms. The molecule has 2 aromatic carbocycles. The fourth-order valence-electron chi connectivity index (χ4n) is 2.70. The summed E-state index contributed by atoms with van der Waals surface area (Å²) in [5.74, 6) is 0.797. The zero-order chi connectivity index (χ0) is 18.5. The summed E-state index contributed by atoms with van der Waals surface area (Å²) in [7, 11) is 1.64. The third kappa shape index (κ3) is 4.25. The zero-order valence-corrected chi connectivity index (χ0v) is 15.6. The van der Waals surface area contributed by atoms with Crippen molar-refractivity contribution in [3.63, 3.8) is 0 Å². The van der Waals surface area contributed by atoms with E-state index in [4.69, 9.17) is 21.4 Å². The van der Waals surface area contributed by atoms with E-state index in [-0.39, 0.29) is 0 Å². The third-order valence-corrected chi connectivity index (χ3v) is 4.34. The van der Waals surface area contributed by atoms with E-state index in [0.717, 1.165) is 28.3 Å². The molecule has 0 unspecified atom stereocenters. The zero-order valence-electron chi connectivity index (χ0n) is 14.8. The number of rotatable bonds is 7. The van der Waals surface area contributed by atoms with Gasteiger partial charge >= 0.3 is 0 Å². The van der Waals surface area contributed by atoms with Gasteiger partial charge in [0.25, 0.3) is 0 Å². The molecule has 1 heterocycles. The summed E-state index contributed by atoms with van der Waals surface area (Å²) in [6, 6.07) is 15.4. The predicted octanol–water partition coefficient (Wildman–Crippen LogP) is 3.67. The fourth-order valence-corrected chi connectivity index (χ4v) is 2.93. The summed E-state index contributed by atoms with van der Waals surface area (Å²) < 4.78 is 7.04.